The number of anilines is 1. The molecule has 0 aliphatic heterocycles. The molecule has 0 spiro atoms. The fourth-order valence-electron chi connectivity index (χ4n) is 1.55. The molecular formula is C11H16N6. The number of hydrogen-bond acceptors (Lipinski definition) is 5. The maximum Gasteiger partial charge on any atom is 0.173 e. The Morgan fingerprint density at radius 2 is 1.88 bits per heavy atom. The quantitative estimate of drug-likeness (QED) is 0.845. The van der Waals surface area contributed by atoms with E-state index in [1.165, 1.54) is 0 Å². The van der Waals surface area contributed by atoms with Crippen LogP contribution in [-0.4, -0.2) is 34.3 Å². The predicted octanol–water partition coefficient (Wildman–Crippen LogP) is 0.748. The molecule has 0 saturated heterocycles. The highest BCUT2D eigenvalue weighted by atomic mass is 15.5. The second kappa shape index (κ2) is 4.50. The van der Waals surface area contributed by atoms with Gasteiger partial charge in [0.2, 0.25) is 0 Å². The standard InChI is InChI=1S/C11H16N6/c1-8(12)11-13-14-15-17(11)10-6-4-9(5-7-10)16(2)3/h4-8H,12H2,1-3H3. The highest BCUT2D eigenvalue weighted by molar-refractivity contribution is 5.49. The van der Waals surface area contributed by atoms with E-state index in [1.54, 1.807) is 4.68 Å². The first-order chi connectivity index (χ1) is 8.09. The lowest BCUT2D eigenvalue weighted by Crippen LogP contribution is -2.13. The average Bonchev–Trinajstić information content (AvgIpc) is 2.78. The fourth-order valence-corrected chi connectivity index (χ4v) is 1.55. The maximum atomic E-state index is 5.80. The molecule has 90 valence electrons. The summed E-state index contributed by atoms with van der Waals surface area (Å²) >= 11 is 0. The van der Waals surface area contributed by atoms with E-state index in [0.29, 0.717) is 5.82 Å². The Kier molecular flexibility index (Phi) is 3.06. The summed E-state index contributed by atoms with van der Waals surface area (Å²) in [7, 11) is 4.00. The summed E-state index contributed by atoms with van der Waals surface area (Å²) in [6.45, 7) is 1.86. The van der Waals surface area contributed by atoms with Gasteiger partial charge in [0.05, 0.1) is 11.7 Å². The molecule has 6 heteroatoms. The van der Waals surface area contributed by atoms with E-state index in [2.05, 4.69) is 15.5 Å². The van der Waals surface area contributed by atoms with Crippen molar-refractivity contribution >= 4 is 5.69 Å². The molecule has 2 aromatic rings. The second-order valence-electron chi connectivity index (χ2n) is 4.15. The summed E-state index contributed by atoms with van der Waals surface area (Å²) in [6, 6.07) is 7.78. The molecule has 0 radical (unpaired) electrons. The third-order valence-electron chi connectivity index (χ3n) is 2.51. The van der Waals surface area contributed by atoms with E-state index in [1.807, 2.05) is 50.2 Å². The molecule has 0 saturated carbocycles. The van der Waals surface area contributed by atoms with Crippen LogP contribution in [0.3, 0.4) is 0 Å². The third kappa shape index (κ3) is 2.26. The van der Waals surface area contributed by atoms with Crippen LogP contribution in [-0.2, 0) is 0 Å². The van der Waals surface area contributed by atoms with Gasteiger partial charge in [0.25, 0.3) is 0 Å². The van der Waals surface area contributed by atoms with Crippen LogP contribution in [0, 0.1) is 0 Å². The molecule has 6 nitrogen and oxygen atoms in total. The maximum absolute atomic E-state index is 5.80. The van der Waals surface area contributed by atoms with Crippen molar-refractivity contribution in [1.82, 2.24) is 20.2 Å². The molecule has 1 unspecified atom stereocenters. The van der Waals surface area contributed by atoms with Gasteiger partial charge in [-0.2, -0.15) is 4.68 Å². The van der Waals surface area contributed by atoms with Crippen molar-refractivity contribution in [1.29, 1.82) is 0 Å². The molecule has 0 bridgehead atoms. The lowest BCUT2D eigenvalue weighted by Gasteiger charge is -2.13. The first-order valence-electron chi connectivity index (χ1n) is 5.41. The van der Waals surface area contributed by atoms with Gasteiger partial charge in [-0.25, -0.2) is 0 Å². The van der Waals surface area contributed by atoms with Crippen LogP contribution in [0.4, 0.5) is 5.69 Å². The Hall–Kier alpha value is -1.95. The van der Waals surface area contributed by atoms with Crippen molar-refractivity contribution in [2.45, 2.75) is 13.0 Å². The van der Waals surface area contributed by atoms with Crippen molar-refractivity contribution < 1.29 is 0 Å². The molecule has 1 aromatic carbocycles. The van der Waals surface area contributed by atoms with E-state index < -0.39 is 0 Å². The van der Waals surface area contributed by atoms with Crippen LogP contribution < -0.4 is 10.6 Å². The number of aromatic nitrogens is 4. The van der Waals surface area contributed by atoms with Crippen LogP contribution in [0.15, 0.2) is 24.3 Å². The van der Waals surface area contributed by atoms with E-state index in [9.17, 15) is 0 Å². The van der Waals surface area contributed by atoms with Crippen molar-refractivity contribution in [3.63, 3.8) is 0 Å². The van der Waals surface area contributed by atoms with Crippen molar-refractivity contribution in [3.05, 3.63) is 30.1 Å². The van der Waals surface area contributed by atoms with Gasteiger partial charge in [0.15, 0.2) is 5.82 Å². The number of rotatable bonds is 3. The minimum absolute atomic E-state index is 0.196. The molecule has 2 rings (SSSR count). The van der Waals surface area contributed by atoms with Crippen molar-refractivity contribution in [2.75, 3.05) is 19.0 Å². The summed E-state index contributed by atoms with van der Waals surface area (Å²) in [6.07, 6.45) is 0. The molecular weight excluding hydrogens is 216 g/mol. The van der Waals surface area contributed by atoms with Gasteiger partial charge in [0, 0.05) is 19.8 Å². The van der Waals surface area contributed by atoms with Gasteiger partial charge in [0.1, 0.15) is 0 Å². The fraction of sp³-hybridized carbons (Fsp3) is 0.364. The summed E-state index contributed by atoms with van der Waals surface area (Å²) in [5, 5.41) is 11.5. The van der Waals surface area contributed by atoms with Crippen LogP contribution in [0.1, 0.15) is 18.8 Å². The topological polar surface area (TPSA) is 72.9 Å². The second-order valence-corrected chi connectivity index (χ2v) is 4.15. The zero-order valence-electron chi connectivity index (χ0n) is 10.2. The first-order valence-corrected chi connectivity index (χ1v) is 5.41. The van der Waals surface area contributed by atoms with E-state index in [4.69, 9.17) is 5.73 Å². The molecule has 0 aliphatic rings. The Bertz CT molecular complexity index is 485. The highest BCUT2D eigenvalue weighted by Gasteiger charge is 2.11. The Morgan fingerprint density at radius 1 is 1.24 bits per heavy atom. The van der Waals surface area contributed by atoms with Crippen LogP contribution >= 0.6 is 0 Å². The first kappa shape index (κ1) is 11.5. The smallest absolute Gasteiger partial charge is 0.173 e. The lowest BCUT2D eigenvalue weighted by atomic mass is 10.2. The normalized spacial score (nSPS) is 12.5. The summed E-state index contributed by atoms with van der Waals surface area (Å²) in [5.74, 6) is 0.655. The SMILES string of the molecule is CC(N)c1nnnn1-c1ccc(N(C)C)cc1. The minimum Gasteiger partial charge on any atom is -0.378 e. The number of tetrazole rings is 1. The largest absolute Gasteiger partial charge is 0.378 e. The third-order valence-corrected chi connectivity index (χ3v) is 2.51. The zero-order chi connectivity index (χ0) is 12.4. The van der Waals surface area contributed by atoms with Gasteiger partial charge < -0.3 is 10.6 Å². The Balaban J connectivity index is 2.37. The molecule has 0 amide bonds. The molecule has 1 heterocycles. The monoisotopic (exact) mass is 232 g/mol. The van der Waals surface area contributed by atoms with Gasteiger partial charge >= 0.3 is 0 Å². The lowest BCUT2D eigenvalue weighted by molar-refractivity contribution is 0.688. The summed E-state index contributed by atoms with van der Waals surface area (Å²) in [4.78, 5) is 2.04. The Labute approximate surface area is 100 Å². The molecule has 0 fully saturated rings. The number of nitrogens with zero attached hydrogens (tertiary/aromatic N) is 5. The van der Waals surface area contributed by atoms with Crippen LogP contribution in [0.2, 0.25) is 0 Å². The number of nitrogens with two attached hydrogens (primary N) is 1. The molecule has 17 heavy (non-hydrogen) atoms. The zero-order valence-corrected chi connectivity index (χ0v) is 10.2. The Morgan fingerprint density at radius 3 is 2.41 bits per heavy atom. The highest BCUT2D eigenvalue weighted by Crippen LogP contribution is 2.16. The molecule has 2 N–H and O–H groups in total. The number of hydrogen-bond donors (Lipinski definition) is 1. The van der Waals surface area contributed by atoms with Gasteiger partial charge in [-0.3, -0.25) is 0 Å². The molecule has 1 atom stereocenters. The minimum atomic E-state index is -0.196. The average molecular weight is 232 g/mol. The van der Waals surface area contributed by atoms with Gasteiger partial charge in [-0.15, -0.1) is 5.10 Å². The number of benzene rings is 1. The molecule has 0 aliphatic carbocycles. The summed E-state index contributed by atoms with van der Waals surface area (Å²) in [5.41, 5.74) is 7.84. The van der Waals surface area contributed by atoms with Gasteiger partial charge in [-0.05, 0) is 41.6 Å². The van der Waals surface area contributed by atoms with Crippen molar-refractivity contribution in [3.8, 4) is 5.69 Å². The van der Waals surface area contributed by atoms with Crippen LogP contribution in [0.5, 0.6) is 0 Å². The van der Waals surface area contributed by atoms with Crippen molar-refractivity contribution in [2.24, 2.45) is 5.73 Å². The van der Waals surface area contributed by atoms with Gasteiger partial charge in [-0.1, -0.05) is 0 Å². The summed E-state index contributed by atoms with van der Waals surface area (Å²) < 4.78 is 1.66. The van der Waals surface area contributed by atoms with E-state index in [-0.39, 0.29) is 6.04 Å². The van der Waals surface area contributed by atoms with E-state index in [0.717, 1.165) is 11.4 Å². The molecule has 1 aromatic heterocycles. The van der Waals surface area contributed by atoms with E-state index >= 15 is 0 Å². The predicted molar refractivity (Wildman–Crippen MR) is 66.1 cm³/mol. The van der Waals surface area contributed by atoms with Crippen LogP contribution in [0.25, 0.3) is 5.69 Å².